The minimum Gasteiger partial charge on any atom is -0.491 e. The van der Waals surface area contributed by atoms with Gasteiger partial charge in [-0.1, -0.05) is 64.3 Å². The number of rotatable bonds is 13. The zero-order chi connectivity index (χ0) is 27.5. The maximum Gasteiger partial charge on any atom is 0.350 e. The lowest BCUT2D eigenvalue weighted by atomic mass is 10.1. The van der Waals surface area contributed by atoms with Crippen molar-refractivity contribution in [1.29, 1.82) is 0 Å². The van der Waals surface area contributed by atoms with Gasteiger partial charge < -0.3 is 24.7 Å². The van der Waals surface area contributed by atoms with E-state index in [4.69, 9.17) is 24.7 Å². The Kier molecular flexibility index (Phi) is 11.1. The molecule has 206 valence electrons. The fourth-order valence-corrected chi connectivity index (χ4v) is 3.85. The molecule has 0 saturated carbocycles. The van der Waals surface area contributed by atoms with E-state index >= 15 is 0 Å². The van der Waals surface area contributed by atoms with Gasteiger partial charge in [-0.25, -0.2) is 4.79 Å². The van der Waals surface area contributed by atoms with Gasteiger partial charge in [0.15, 0.2) is 6.29 Å². The van der Waals surface area contributed by atoms with E-state index in [0.29, 0.717) is 19.8 Å². The quantitative estimate of drug-likeness (QED) is 0.0587. The molecule has 1 aliphatic heterocycles. The summed E-state index contributed by atoms with van der Waals surface area (Å²) in [6.07, 6.45) is 9.44. The topological polar surface area (TPSA) is 123 Å². The molecule has 0 spiro atoms. The third kappa shape index (κ3) is 8.29. The van der Waals surface area contributed by atoms with Gasteiger partial charge in [0, 0.05) is 11.5 Å². The molecule has 0 amide bonds. The average Bonchev–Trinajstić information content (AvgIpc) is 2.92. The molecule has 0 unspecified atom stereocenters. The molecular weight excluding hydrogens is 488 g/mol. The number of nitro benzene ring substituents is 1. The van der Waals surface area contributed by atoms with Gasteiger partial charge in [0.1, 0.15) is 17.1 Å². The van der Waals surface area contributed by atoms with Gasteiger partial charge in [-0.3, -0.25) is 10.1 Å². The SMILES string of the molecule is CCCCC/C=C/[C@H]1CO[C@H](c2ccc(OC(=O)c3cc(N)c(OC[C@@H](C)CC)cc3[N+](=O)[O-])cc2)OC1. The van der Waals surface area contributed by atoms with Crippen molar-refractivity contribution in [2.24, 2.45) is 11.8 Å². The third-order valence-electron chi connectivity index (χ3n) is 6.43. The lowest BCUT2D eigenvalue weighted by Gasteiger charge is -2.28. The number of benzene rings is 2. The highest BCUT2D eigenvalue weighted by molar-refractivity contribution is 5.97. The van der Waals surface area contributed by atoms with E-state index in [0.717, 1.165) is 18.4 Å². The first-order chi connectivity index (χ1) is 18.3. The van der Waals surface area contributed by atoms with E-state index < -0.39 is 22.9 Å². The van der Waals surface area contributed by atoms with Crippen LogP contribution in [0.15, 0.2) is 48.6 Å². The molecule has 2 N–H and O–H groups in total. The van der Waals surface area contributed by atoms with Crippen molar-refractivity contribution >= 4 is 17.3 Å². The van der Waals surface area contributed by atoms with Gasteiger partial charge in [-0.2, -0.15) is 0 Å². The first-order valence-corrected chi connectivity index (χ1v) is 13.2. The number of unbranched alkanes of at least 4 members (excludes halogenated alkanes) is 3. The molecule has 0 bridgehead atoms. The van der Waals surface area contributed by atoms with Gasteiger partial charge in [-0.15, -0.1) is 0 Å². The molecule has 1 heterocycles. The van der Waals surface area contributed by atoms with Crippen LogP contribution in [0, 0.1) is 22.0 Å². The monoisotopic (exact) mass is 526 g/mol. The van der Waals surface area contributed by atoms with E-state index in [-0.39, 0.29) is 34.6 Å². The summed E-state index contributed by atoms with van der Waals surface area (Å²) in [6.45, 7) is 7.69. The molecule has 3 rings (SSSR count). The maximum atomic E-state index is 12.8. The Bertz CT molecular complexity index is 1090. The van der Waals surface area contributed by atoms with E-state index in [9.17, 15) is 14.9 Å². The molecule has 1 fully saturated rings. The van der Waals surface area contributed by atoms with Crippen molar-refractivity contribution in [2.75, 3.05) is 25.6 Å². The molecule has 0 radical (unpaired) electrons. The van der Waals surface area contributed by atoms with Crippen LogP contribution in [0.1, 0.15) is 75.1 Å². The normalized spacial score (nSPS) is 18.3. The number of carbonyl (C=O) groups is 1. The van der Waals surface area contributed by atoms with Gasteiger partial charge in [-0.05, 0) is 37.0 Å². The van der Waals surface area contributed by atoms with Crippen LogP contribution >= 0.6 is 0 Å². The van der Waals surface area contributed by atoms with E-state index in [1.807, 2.05) is 13.8 Å². The second-order valence-electron chi connectivity index (χ2n) is 9.63. The third-order valence-corrected chi connectivity index (χ3v) is 6.43. The van der Waals surface area contributed by atoms with Crippen LogP contribution in [-0.4, -0.2) is 30.7 Å². The van der Waals surface area contributed by atoms with Gasteiger partial charge in [0.25, 0.3) is 5.69 Å². The zero-order valence-electron chi connectivity index (χ0n) is 22.4. The van der Waals surface area contributed by atoms with Crippen LogP contribution in [0.25, 0.3) is 0 Å². The molecular formula is C29H38N2O7. The summed E-state index contributed by atoms with van der Waals surface area (Å²) < 4.78 is 22.8. The van der Waals surface area contributed by atoms with Gasteiger partial charge in [0.05, 0.1) is 36.5 Å². The summed E-state index contributed by atoms with van der Waals surface area (Å²) in [5, 5.41) is 11.6. The first kappa shape index (κ1) is 29.1. The van der Waals surface area contributed by atoms with Crippen LogP contribution in [0.4, 0.5) is 11.4 Å². The fourth-order valence-electron chi connectivity index (χ4n) is 3.85. The molecule has 1 aliphatic rings. The standard InChI is InChI=1S/C29H38N2O7/c1-4-6-7-8-9-10-21-18-36-29(37-19-21)22-11-13-23(14-12-22)38-28(32)24-15-25(30)27(16-26(24)31(33)34)35-17-20(3)5-2/h9-16,20-21,29H,4-8,17-19,30H2,1-3H3/b10-9+/t20-,21-,29-/m0/s1. The molecule has 1 saturated heterocycles. The molecule has 0 aromatic heterocycles. The second-order valence-corrected chi connectivity index (χ2v) is 9.63. The van der Waals surface area contributed by atoms with Crippen LogP contribution < -0.4 is 15.2 Å². The molecule has 0 aliphatic carbocycles. The number of carbonyl (C=O) groups excluding carboxylic acids is 1. The van der Waals surface area contributed by atoms with Crippen LogP contribution in [0.5, 0.6) is 11.5 Å². The van der Waals surface area contributed by atoms with E-state index in [1.165, 1.54) is 31.4 Å². The number of nitro groups is 1. The number of ether oxygens (including phenoxy) is 4. The number of esters is 1. The van der Waals surface area contributed by atoms with Crippen molar-refractivity contribution in [3.63, 3.8) is 0 Å². The van der Waals surface area contributed by atoms with E-state index in [2.05, 4.69) is 19.1 Å². The van der Waals surface area contributed by atoms with E-state index in [1.54, 1.807) is 24.3 Å². The minimum atomic E-state index is -0.886. The highest BCUT2D eigenvalue weighted by atomic mass is 16.7. The molecule has 9 nitrogen and oxygen atoms in total. The Labute approximate surface area is 224 Å². The van der Waals surface area contributed by atoms with Crippen molar-refractivity contribution in [3.05, 3.63) is 69.8 Å². The molecule has 9 heteroatoms. The van der Waals surface area contributed by atoms with Gasteiger partial charge in [0.2, 0.25) is 0 Å². The summed E-state index contributed by atoms with van der Waals surface area (Å²) in [5.74, 6) is -0.0115. The summed E-state index contributed by atoms with van der Waals surface area (Å²) in [4.78, 5) is 23.8. The molecule has 1 atom stereocenters. The lowest BCUT2D eigenvalue weighted by molar-refractivity contribution is -0.385. The van der Waals surface area contributed by atoms with Crippen molar-refractivity contribution < 1.29 is 28.7 Å². The Morgan fingerprint density at radius 1 is 1.18 bits per heavy atom. The van der Waals surface area contributed by atoms with Crippen molar-refractivity contribution in [3.8, 4) is 11.5 Å². The van der Waals surface area contributed by atoms with Crippen LogP contribution in [0.3, 0.4) is 0 Å². The predicted octanol–water partition coefficient (Wildman–Crippen LogP) is 6.62. The number of hydrogen-bond donors (Lipinski definition) is 1. The van der Waals surface area contributed by atoms with Gasteiger partial charge >= 0.3 is 5.97 Å². The van der Waals surface area contributed by atoms with Crippen LogP contribution in [-0.2, 0) is 9.47 Å². The smallest absolute Gasteiger partial charge is 0.350 e. The summed E-state index contributed by atoms with van der Waals surface area (Å²) in [7, 11) is 0. The first-order valence-electron chi connectivity index (χ1n) is 13.2. The second kappa shape index (κ2) is 14.5. The van der Waals surface area contributed by atoms with Crippen LogP contribution in [0.2, 0.25) is 0 Å². The number of allylic oxidation sites excluding steroid dienone is 1. The number of nitrogens with two attached hydrogens (primary N) is 1. The Morgan fingerprint density at radius 2 is 1.89 bits per heavy atom. The Morgan fingerprint density at radius 3 is 2.53 bits per heavy atom. The Hall–Kier alpha value is -3.43. The zero-order valence-corrected chi connectivity index (χ0v) is 22.4. The highest BCUT2D eigenvalue weighted by Crippen LogP contribution is 2.33. The van der Waals surface area contributed by atoms with Crippen molar-refractivity contribution in [2.45, 2.75) is 59.2 Å². The van der Waals surface area contributed by atoms with Crippen molar-refractivity contribution in [1.82, 2.24) is 0 Å². The lowest BCUT2D eigenvalue weighted by Crippen LogP contribution is -2.25. The number of nitrogens with zero attached hydrogens (tertiary/aromatic N) is 1. The number of nitrogen functional groups attached to an aromatic ring is 1. The number of anilines is 1. The summed E-state index contributed by atoms with van der Waals surface area (Å²) in [5.41, 5.74) is 6.25. The molecule has 2 aromatic rings. The largest absolute Gasteiger partial charge is 0.491 e. The predicted molar refractivity (Wildman–Crippen MR) is 145 cm³/mol. The highest BCUT2D eigenvalue weighted by Gasteiger charge is 2.26. The molecule has 38 heavy (non-hydrogen) atoms. The Balaban J connectivity index is 1.59. The fraction of sp³-hybridized carbons (Fsp3) is 0.483. The minimum absolute atomic E-state index is 0.127. The number of hydrogen-bond acceptors (Lipinski definition) is 8. The maximum absolute atomic E-state index is 12.8. The molecule has 2 aromatic carbocycles. The summed E-state index contributed by atoms with van der Waals surface area (Å²) >= 11 is 0. The average molecular weight is 527 g/mol. The summed E-state index contributed by atoms with van der Waals surface area (Å²) in [6, 6.07) is 9.06.